The Balaban J connectivity index is 1.60. The summed E-state index contributed by atoms with van der Waals surface area (Å²) in [7, 11) is 0. The summed E-state index contributed by atoms with van der Waals surface area (Å²) in [5.74, 6) is 0.495. The molecule has 26 heavy (non-hydrogen) atoms. The van der Waals surface area contributed by atoms with Gasteiger partial charge in [-0.3, -0.25) is 4.79 Å². The van der Waals surface area contributed by atoms with Crippen LogP contribution in [0.2, 0.25) is 0 Å². The molecule has 3 heterocycles. The van der Waals surface area contributed by atoms with Crippen molar-refractivity contribution in [1.29, 1.82) is 0 Å². The van der Waals surface area contributed by atoms with E-state index in [0.717, 1.165) is 11.8 Å². The average Bonchev–Trinajstić information content (AvgIpc) is 2.61. The lowest BCUT2D eigenvalue weighted by atomic mass is 9.96. The van der Waals surface area contributed by atoms with Crippen LogP contribution in [0, 0.1) is 12.8 Å². The minimum absolute atomic E-state index is 0.111. The number of alkyl halides is 3. The smallest absolute Gasteiger partial charge is 0.357 e. The molecule has 1 saturated heterocycles. The van der Waals surface area contributed by atoms with Gasteiger partial charge in [0.15, 0.2) is 0 Å². The summed E-state index contributed by atoms with van der Waals surface area (Å²) in [6, 6.07) is 9.26. The summed E-state index contributed by atoms with van der Waals surface area (Å²) >= 11 is 0. The van der Waals surface area contributed by atoms with Crippen molar-refractivity contribution >= 4 is 17.5 Å². The Labute approximate surface area is 149 Å². The van der Waals surface area contributed by atoms with Crippen LogP contribution >= 0.6 is 0 Å². The zero-order chi connectivity index (χ0) is 18.7. The van der Waals surface area contributed by atoms with Gasteiger partial charge in [-0.2, -0.15) is 13.2 Å². The number of aryl methyl sites for hydroxylation is 1. The molecule has 1 fully saturated rings. The Bertz CT molecular complexity index is 786. The van der Waals surface area contributed by atoms with E-state index >= 15 is 0 Å². The number of carbonyl (C=O) groups excluding carboxylic acids is 1. The number of nitrogens with one attached hydrogen (secondary N) is 1. The van der Waals surface area contributed by atoms with Crippen molar-refractivity contribution in [1.82, 2.24) is 9.97 Å². The molecule has 0 spiro atoms. The number of rotatable bonds is 3. The van der Waals surface area contributed by atoms with Crippen LogP contribution in [0.5, 0.6) is 0 Å². The van der Waals surface area contributed by atoms with Gasteiger partial charge < -0.3 is 10.2 Å². The summed E-state index contributed by atoms with van der Waals surface area (Å²) < 4.78 is 38.4. The number of pyridine rings is 2. The van der Waals surface area contributed by atoms with E-state index in [2.05, 4.69) is 15.3 Å². The van der Waals surface area contributed by atoms with Crippen LogP contribution in [0.15, 0.2) is 36.4 Å². The van der Waals surface area contributed by atoms with Gasteiger partial charge in [0.25, 0.3) is 0 Å². The molecule has 1 amide bonds. The third kappa shape index (κ3) is 4.30. The summed E-state index contributed by atoms with van der Waals surface area (Å²) in [4.78, 5) is 22.1. The van der Waals surface area contributed by atoms with Crippen LogP contribution in [0.25, 0.3) is 0 Å². The number of piperidine rings is 1. The molecule has 0 unspecified atom stereocenters. The first-order chi connectivity index (χ1) is 12.3. The van der Waals surface area contributed by atoms with Crippen LogP contribution in [-0.2, 0) is 11.0 Å². The van der Waals surface area contributed by atoms with Gasteiger partial charge in [-0.1, -0.05) is 12.1 Å². The molecule has 138 valence electrons. The number of halogens is 3. The van der Waals surface area contributed by atoms with Crippen molar-refractivity contribution in [3.63, 3.8) is 0 Å². The second kappa shape index (κ2) is 7.31. The SMILES string of the molecule is Cc1cccc(NC(=O)C2CCN(c3cccc(C(F)(F)F)n3)CC2)n1. The van der Waals surface area contributed by atoms with Crippen LogP contribution in [0.1, 0.15) is 24.2 Å². The minimum Gasteiger partial charge on any atom is -0.357 e. The minimum atomic E-state index is -4.46. The van der Waals surface area contributed by atoms with E-state index in [4.69, 9.17) is 0 Å². The normalized spacial score (nSPS) is 15.8. The van der Waals surface area contributed by atoms with E-state index in [-0.39, 0.29) is 11.8 Å². The van der Waals surface area contributed by atoms with Crippen LogP contribution < -0.4 is 10.2 Å². The maximum Gasteiger partial charge on any atom is 0.433 e. The fourth-order valence-electron chi connectivity index (χ4n) is 2.97. The van der Waals surface area contributed by atoms with E-state index in [1.807, 2.05) is 19.1 Å². The van der Waals surface area contributed by atoms with Crippen LogP contribution in [0.4, 0.5) is 24.8 Å². The van der Waals surface area contributed by atoms with Crippen molar-refractivity contribution in [2.24, 2.45) is 5.92 Å². The highest BCUT2D eigenvalue weighted by Gasteiger charge is 2.33. The van der Waals surface area contributed by atoms with Crippen molar-refractivity contribution < 1.29 is 18.0 Å². The van der Waals surface area contributed by atoms with E-state index in [0.29, 0.717) is 37.6 Å². The van der Waals surface area contributed by atoms with Crippen molar-refractivity contribution in [2.45, 2.75) is 25.9 Å². The molecule has 8 heteroatoms. The van der Waals surface area contributed by atoms with E-state index in [1.54, 1.807) is 17.0 Å². The van der Waals surface area contributed by atoms with Gasteiger partial charge in [0.1, 0.15) is 17.3 Å². The van der Waals surface area contributed by atoms with Gasteiger partial charge in [0, 0.05) is 24.7 Å². The molecule has 0 saturated carbocycles. The molecule has 1 N–H and O–H groups in total. The zero-order valence-corrected chi connectivity index (χ0v) is 14.3. The fraction of sp³-hybridized carbons (Fsp3) is 0.389. The first kappa shape index (κ1) is 18.2. The summed E-state index contributed by atoms with van der Waals surface area (Å²) in [5, 5.41) is 2.80. The standard InChI is InChI=1S/C18H19F3N4O/c1-12-4-2-6-15(22-12)24-17(26)13-8-10-25(11-9-13)16-7-3-5-14(23-16)18(19,20)21/h2-7,13H,8-11H2,1H3,(H,22,24,26). The van der Waals surface area contributed by atoms with Gasteiger partial charge in [-0.25, -0.2) is 9.97 Å². The molecule has 0 bridgehead atoms. The number of aromatic nitrogens is 2. The second-order valence-electron chi connectivity index (χ2n) is 6.29. The molecule has 0 atom stereocenters. The fourth-order valence-corrected chi connectivity index (χ4v) is 2.97. The van der Waals surface area contributed by atoms with Gasteiger partial charge in [0.2, 0.25) is 5.91 Å². The van der Waals surface area contributed by atoms with Gasteiger partial charge in [0.05, 0.1) is 0 Å². The highest BCUT2D eigenvalue weighted by Crippen LogP contribution is 2.30. The van der Waals surface area contributed by atoms with E-state index in [9.17, 15) is 18.0 Å². The van der Waals surface area contributed by atoms with Crippen molar-refractivity contribution in [2.75, 3.05) is 23.3 Å². The molecular weight excluding hydrogens is 345 g/mol. The van der Waals surface area contributed by atoms with E-state index < -0.39 is 11.9 Å². The van der Waals surface area contributed by atoms with Gasteiger partial charge in [-0.15, -0.1) is 0 Å². The van der Waals surface area contributed by atoms with Crippen molar-refractivity contribution in [3.05, 3.63) is 47.8 Å². The topological polar surface area (TPSA) is 58.1 Å². The summed E-state index contributed by atoms with van der Waals surface area (Å²) in [6.07, 6.45) is -3.36. The van der Waals surface area contributed by atoms with Gasteiger partial charge >= 0.3 is 6.18 Å². The highest BCUT2D eigenvalue weighted by molar-refractivity contribution is 5.91. The molecule has 5 nitrogen and oxygen atoms in total. The maximum atomic E-state index is 12.8. The third-order valence-corrected chi connectivity index (χ3v) is 4.35. The quantitative estimate of drug-likeness (QED) is 0.903. The molecule has 0 aromatic carbocycles. The summed E-state index contributed by atoms with van der Waals surface area (Å²) in [5.41, 5.74) is -0.0892. The lowest BCUT2D eigenvalue weighted by Crippen LogP contribution is -2.38. The lowest BCUT2D eigenvalue weighted by molar-refractivity contribution is -0.141. The van der Waals surface area contributed by atoms with Crippen LogP contribution in [-0.4, -0.2) is 29.0 Å². The zero-order valence-electron chi connectivity index (χ0n) is 14.3. The van der Waals surface area contributed by atoms with Crippen LogP contribution in [0.3, 0.4) is 0 Å². The maximum absolute atomic E-state index is 12.8. The Kier molecular flexibility index (Phi) is 5.11. The molecule has 2 aromatic rings. The monoisotopic (exact) mass is 364 g/mol. The van der Waals surface area contributed by atoms with Gasteiger partial charge in [-0.05, 0) is 44.0 Å². The number of hydrogen-bond donors (Lipinski definition) is 1. The third-order valence-electron chi connectivity index (χ3n) is 4.35. The Morgan fingerprint density at radius 3 is 2.46 bits per heavy atom. The number of amides is 1. The number of nitrogens with zero attached hydrogens (tertiary/aromatic N) is 3. The molecular formula is C18H19F3N4O. The molecule has 0 aliphatic carbocycles. The largest absolute Gasteiger partial charge is 0.433 e. The number of hydrogen-bond acceptors (Lipinski definition) is 4. The predicted molar refractivity (Wildman–Crippen MR) is 91.8 cm³/mol. The second-order valence-corrected chi connectivity index (χ2v) is 6.29. The number of anilines is 2. The first-order valence-corrected chi connectivity index (χ1v) is 8.36. The summed E-state index contributed by atoms with van der Waals surface area (Å²) in [6.45, 7) is 2.80. The van der Waals surface area contributed by atoms with E-state index in [1.165, 1.54) is 6.07 Å². The molecule has 1 aliphatic heterocycles. The molecule has 1 aliphatic rings. The lowest BCUT2D eigenvalue weighted by Gasteiger charge is -2.32. The average molecular weight is 364 g/mol. The molecule has 0 radical (unpaired) electrons. The molecule has 2 aromatic heterocycles. The highest BCUT2D eigenvalue weighted by atomic mass is 19.4. The Morgan fingerprint density at radius 1 is 1.12 bits per heavy atom. The predicted octanol–water partition coefficient (Wildman–Crippen LogP) is 3.66. The Hall–Kier alpha value is -2.64. The molecule has 3 rings (SSSR count). The Morgan fingerprint density at radius 2 is 1.81 bits per heavy atom. The first-order valence-electron chi connectivity index (χ1n) is 8.36. The van der Waals surface area contributed by atoms with Crippen molar-refractivity contribution in [3.8, 4) is 0 Å². The number of carbonyl (C=O) groups is 1.